The number of oxime groups is 2. The van der Waals surface area contributed by atoms with Gasteiger partial charge >= 0.3 is 17.1 Å². The summed E-state index contributed by atoms with van der Waals surface area (Å²) < 4.78 is 0. The molecule has 9 heteroatoms. The molecule has 0 aliphatic heterocycles. The third-order valence-corrected chi connectivity index (χ3v) is 2.39. The van der Waals surface area contributed by atoms with Crippen LogP contribution in [-0.2, 0) is 17.1 Å². The number of benzene rings is 2. The van der Waals surface area contributed by atoms with Gasteiger partial charge in [-0.1, -0.05) is 33.9 Å². The molecule has 125 valence electrons. The Morgan fingerprint density at radius 2 is 1.09 bits per heavy atom. The van der Waals surface area contributed by atoms with E-state index in [1.54, 1.807) is 0 Å². The van der Waals surface area contributed by atoms with Gasteiger partial charge < -0.3 is 30.8 Å². The van der Waals surface area contributed by atoms with Crippen molar-refractivity contribution in [3.05, 3.63) is 47.5 Å². The molecular weight excluding hydrogens is 356 g/mol. The zero-order chi connectivity index (χ0) is 16.5. The minimum atomic E-state index is -0.372. The first-order valence-corrected chi connectivity index (χ1v) is 5.83. The molecule has 0 heterocycles. The van der Waals surface area contributed by atoms with Gasteiger partial charge in [0.2, 0.25) is 0 Å². The van der Waals surface area contributed by atoms with E-state index in [0.29, 0.717) is 0 Å². The fourth-order valence-corrected chi connectivity index (χ4v) is 1.38. The summed E-state index contributed by atoms with van der Waals surface area (Å²) in [4.78, 5) is 0. The maximum atomic E-state index is 10.9. The Morgan fingerprint density at radius 1 is 0.739 bits per heavy atom. The van der Waals surface area contributed by atoms with Crippen LogP contribution in [0.25, 0.3) is 0 Å². The van der Waals surface area contributed by atoms with Gasteiger partial charge in [0.15, 0.2) is 0 Å². The molecule has 2 rings (SSSR count). The topological polar surface area (TPSA) is 152 Å². The first kappa shape index (κ1) is 20.1. The van der Waals surface area contributed by atoms with Gasteiger partial charge in [-0.25, -0.2) is 0 Å². The molecular formula is C14H12CuN2O6. The number of rotatable bonds is 2. The first-order chi connectivity index (χ1) is 10.5. The van der Waals surface area contributed by atoms with Crippen molar-refractivity contribution < 1.29 is 47.9 Å². The molecule has 1 radical (unpaired) electrons. The number of hydrogen-bond donors (Lipinski definition) is 4. The van der Waals surface area contributed by atoms with Gasteiger partial charge in [-0.15, -0.1) is 0 Å². The van der Waals surface area contributed by atoms with Crippen molar-refractivity contribution in [1.29, 1.82) is 0 Å². The van der Waals surface area contributed by atoms with Crippen LogP contribution in [0.4, 0.5) is 0 Å². The van der Waals surface area contributed by atoms with E-state index < -0.39 is 0 Å². The third kappa shape index (κ3) is 6.60. The van der Waals surface area contributed by atoms with E-state index >= 15 is 0 Å². The molecule has 0 saturated carbocycles. The predicted octanol–water partition coefficient (Wildman–Crippen LogP) is 0.545. The average Bonchev–Trinajstić information content (AvgIpc) is 2.46. The fraction of sp³-hybridized carbons (Fsp3) is 0. The molecule has 23 heavy (non-hydrogen) atoms. The minimum Gasteiger partial charge on any atom is -0.872 e. The Kier molecular flexibility index (Phi) is 8.68. The maximum Gasteiger partial charge on any atom is 2.00 e. The Morgan fingerprint density at radius 3 is 1.35 bits per heavy atom. The van der Waals surface area contributed by atoms with Gasteiger partial charge in [0.1, 0.15) is 11.5 Å². The smallest absolute Gasteiger partial charge is 0.872 e. The summed E-state index contributed by atoms with van der Waals surface area (Å²) in [5, 5.41) is 60.9. The Labute approximate surface area is 141 Å². The van der Waals surface area contributed by atoms with Crippen molar-refractivity contribution >= 4 is 12.4 Å². The third-order valence-electron chi connectivity index (χ3n) is 2.39. The molecule has 0 amide bonds. The summed E-state index contributed by atoms with van der Waals surface area (Å²) in [6.07, 6.45) is 2.03. The molecule has 0 aromatic heterocycles. The molecule has 0 saturated heterocycles. The van der Waals surface area contributed by atoms with Crippen LogP contribution >= 0.6 is 0 Å². The van der Waals surface area contributed by atoms with Crippen molar-refractivity contribution in [2.45, 2.75) is 0 Å². The summed E-state index contributed by atoms with van der Waals surface area (Å²) in [6, 6.07) is 7.54. The number of phenols is 2. The number of aromatic hydroxyl groups is 2. The largest absolute Gasteiger partial charge is 2.00 e. The Balaban J connectivity index is 0.000000403. The van der Waals surface area contributed by atoms with Crippen LogP contribution in [-0.4, -0.2) is 33.1 Å². The molecule has 0 aliphatic carbocycles. The predicted molar refractivity (Wildman–Crippen MR) is 73.9 cm³/mol. The normalized spacial score (nSPS) is 10.1. The average molecular weight is 368 g/mol. The first-order valence-electron chi connectivity index (χ1n) is 5.83. The van der Waals surface area contributed by atoms with E-state index in [2.05, 4.69) is 10.3 Å². The van der Waals surface area contributed by atoms with Gasteiger partial charge in [0, 0.05) is 0 Å². The Hall–Kier alpha value is -2.90. The quantitative estimate of drug-likeness (QED) is 0.263. The zero-order valence-corrected chi connectivity index (χ0v) is 12.4. The van der Waals surface area contributed by atoms with Gasteiger partial charge in [-0.3, -0.25) is 0 Å². The van der Waals surface area contributed by atoms with Crippen LogP contribution in [0, 0.1) is 0 Å². The molecule has 2 aromatic carbocycles. The van der Waals surface area contributed by atoms with Gasteiger partial charge in [-0.05, 0) is 35.4 Å². The van der Waals surface area contributed by atoms with E-state index in [0.717, 1.165) is 24.6 Å². The second-order valence-electron chi connectivity index (χ2n) is 3.93. The summed E-state index contributed by atoms with van der Waals surface area (Å²) >= 11 is 0. The van der Waals surface area contributed by atoms with E-state index in [1.165, 1.54) is 24.3 Å². The van der Waals surface area contributed by atoms with Crippen molar-refractivity contribution in [3.8, 4) is 23.0 Å². The van der Waals surface area contributed by atoms with Gasteiger partial charge in [-0.2, -0.15) is 0 Å². The van der Waals surface area contributed by atoms with Crippen molar-refractivity contribution in [3.63, 3.8) is 0 Å². The SMILES string of the molecule is [Cu+2].[O-]c1cc(O)ccc1/C=N/O.[O-]c1cc(O)ccc1/C=N/O. The van der Waals surface area contributed by atoms with Crippen LogP contribution in [0.1, 0.15) is 11.1 Å². The van der Waals surface area contributed by atoms with Crippen molar-refractivity contribution in [2.24, 2.45) is 10.3 Å². The fourth-order valence-electron chi connectivity index (χ4n) is 1.38. The number of nitrogens with zero attached hydrogens (tertiary/aromatic N) is 2. The minimum absolute atomic E-state index is 0. The van der Waals surface area contributed by atoms with E-state index in [9.17, 15) is 10.2 Å². The van der Waals surface area contributed by atoms with Crippen LogP contribution in [0.3, 0.4) is 0 Å². The zero-order valence-electron chi connectivity index (χ0n) is 11.4. The second kappa shape index (κ2) is 9.93. The second-order valence-corrected chi connectivity index (χ2v) is 3.93. The van der Waals surface area contributed by atoms with Gasteiger partial charge in [0.25, 0.3) is 0 Å². The molecule has 0 bridgehead atoms. The molecule has 8 nitrogen and oxygen atoms in total. The maximum absolute atomic E-state index is 10.9. The number of phenolic OH excluding ortho intramolecular Hbond substituents is 2. The van der Waals surface area contributed by atoms with Crippen LogP contribution in [0.15, 0.2) is 46.7 Å². The molecule has 0 fully saturated rings. The summed E-state index contributed by atoms with van der Waals surface area (Å²) in [5.74, 6) is -0.930. The molecule has 2 aromatic rings. The Bertz CT molecular complexity index is 631. The van der Waals surface area contributed by atoms with Crippen LogP contribution in [0.5, 0.6) is 23.0 Å². The van der Waals surface area contributed by atoms with E-state index in [4.69, 9.17) is 20.6 Å². The summed E-state index contributed by atoms with van der Waals surface area (Å²) in [5.41, 5.74) is 0.482. The van der Waals surface area contributed by atoms with Crippen LogP contribution < -0.4 is 10.2 Å². The molecule has 0 unspecified atom stereocenters. The number of hydrogen-bond acceptors (Lipinski definition) is 8. The van der Waals surface area contributed by atoms with E-state index in [1.807, 2.05) is 0 Å². The van der Waals surface area contributed by atoms with Crippen molar-refractivity contribution in [2.75, 3.05) is 0 Å². The summed E-state index contributed by atoms with van der Waals surface area (Å²) in [7, 11) is 0. The monoisotopic (exact) mass is 367 g/mol. The molecule has 0 aliphatic rings. The van der Waals surface area contributed by atoms with E-state index in [-0.39, 0.29) is 51.2 Å². The van der Waals surface area contributed by atoms with Crippen molar-refractivity contribution in [1.82, 2.24) is 0 Å². The standard InChI is InChI=1S/2C7H7NO3.Cu/c2*9-6-2-1-5(4-8-11)7(10)3-6;/h2*1-4,9-11H;/q;;+2/p-2/b2*8-4+;. The molecule has 4 N–H and O–H groups in total. The molecule has 0 spiro atoms. The van der Waals surface area contributed by atoms with Gasteiger partial charge in [0.05, 0.1) is 12.4 Å². The van der Waals surface area contributed by atoms with Crippen LogP contribution in [0.2, 0.25) is 0 Å². The summed E-state index contributed by atoms with van der Waals surface area (Å²) in [6.45, 7) is 0. The molecule has 0 atom stereocenters.